The van der Waals surface area contributed by atoms with Crippen LogP contribution in [0.15, 0.2) is 53.4 Å². The van der Waals surface area contributed by atoms with Crippen LogP contribution < -0.4 is 9.47 Å². The van der Waals surface area contributed by atoms with Crippen molar-refractivity contribution in [3.8, 4) is 11.5 Å². The van der Waals surface area contributed by atoms with E-state index < -0.39 is 15.1 Å². The molecule has 7 heteroatoms. The van der Waals surface area contributed by atoms with Gasteiger partial charge < -0.3 is 14.4 Å². The van der Waals surface area contributed by atoms with Gasteiger partial charge in [-0.15, -0.1) is 0 Å². The number of sulfone groups is 1. The van der Waals surface area contributed by atoms with Crippen LogP contribution in [0.2, 0.25) is 0 Å². The SMILES string of the molecule is COc1cccc(C(=O)N2C3CCC2CC(S(=O)(=O)c2ccccc2)C3)c1OC. The Bertz CT molecular complexity index is 991. The zero-order chi connectivity index (χ0) is 20.6. The van der Waals surface area contributed by atoms with E-state index in [4.69, 9.17) is 9.47 Å². The summed E-state index contributed by atoms with van der Waals surface area (Å²) in [6, 6.07) is 13.7. The van der Waals surface area contributed by atoms with Crippen LogP contribution in [-0.4, -0.2) is 50.8 Å². The second kappa shape index (κ2) is 7.71. The van der Waals surface area contributed by atoms with Crippen LogP contribution in [0.4, 0.5) is 0 Å². The van der Waals surface area contributed by atoms with Gasteiger partial charge in [-0.05, 0) is 49.9 Å². The van der Waals surface area contributed by atoms with Crippen molar-refractivity contribution in [1.29, 1.82) is 0 Å². The Hall–Kier alpha value is -2.54. The Morgan fingerprint density at radius 2 is 1.59 bits per heavy atom. The van der Waals surface area contributed by atoms with Gasteiger partial charge in [0.15, 0.2) is 21.3 Å². The zero-order valence-electron chi connectivity index (χ0n) is 16.6. The first-order valence-corrected chi connectivity index (χ1v) is 11.3. The predicted octanol–water partition coefficient (Wildman–Crippen LogP) is 3.31. The van der Waals surface area contributed by atoms with Crippen molar-refractivity contribution in [3.05, 3.63) is 54.1 Å². The highest BCUT2D eigenvalue weighted by molar-refractivity contribution is 7.92. The van der Waals surface area contributed by atoms with Gasteiger partial charge in [-0.3, -0.25) is 4.79 Å². The molecule has 6 nitrogen and oxygen atoms in total. The summed E-state index contributed by atoms with van der Waals surface area (Å²) < 4.78 is 36.9. The second-order valence-corrected chi connectivity index (χ2v) is 9.82. The molecule has 2 unspecified atom stereocenters. The van der Waals surface area contributed by atoms with E-state index in [1.54, 1.807) is 42.5 Å². The monoisotopic (exact) mass is 415 g/mol. The molecule has 0 radical (unpaired) electrons. The second-order valence-electron chi connectivity index (χ2n) is 7.59. The molecule has 1 amide bonds. The average molecular weight is 416 g/mol. The van der Waals surface area contributed by atoms with Crippen LogP contribution in [0, 0.1) is 0 Å². The van der Waals surface area contributed by atoms with Crippen molar-refractivity contribution >= 4 is 15.7 Å². The summed E-state index contributed by atoms with van der Waals surface area (Å²) in [6.07, 6.45) is 2.57. The number of benzene rings is 2. The Kier molecular flexibility index (Phi) is 5.25. The van der Waals surface area contributed by atoms with E-state index in [1.165, 1.54) is 14.2 Å². The maximum Gasteiger partial charge on any atom is 0.258 e. The first-order valence-electron chi connectivity index (χ1n) is 9.80. The number of rotatable bonds is 5. The fourth-order valence-corrected chi connectivity index (χ4v) is 6.58. The normalized spacial score (nSPS) is 23.7. The summed E-state index contributed by atoms with van der Waals surface area (Å²) in [5.74, 6) is 0.800. The molecule has 2 saturated heterocycles. The smallest absolute Gasteiger partial charge is 0.258 e. The molecule has 2 aromatic rings. The summed E-state index contributed by atoms with van der Waals surface area (Å²) in [5, 5.41) is -0.460. The third-order valence-corrected chi connectivity index (χ3v) is 8.26. The highest BCUT2D eigenvalue weighted by atomic mass is 32.2. The van der Waals surface area contributed by atoms with Gasteiger partial charge in [0.2, 0.25) is 0 Å². The van der Waals surface area contributed by atoms with E-state index in [9.17, 15) is 13.2 Å². The Balaban J connectivity index is 1.60. The summed E-state index contributed by atoms with van der Waals surface area (Å²) in [7, 11) is -0.355. The largest absolute Gasteiger partial charge is 0.493 e. The molecule has 2 heterocycles. The highest BCUT2D eigenvalue weighted by Crippen LogP contribution is 2.42. The number of hydrogen-bond acceptors (Lipinski definition) is 5. The molecule has 2 aliphatic rings. The van der Waals surface area contributed by atoms with Crippen molar-refractivity contribution < 1.29 is 22.7 Å². The standard InChI is InChI=1S/C22H25NO5S/c1-27-20-10-6-9-19(21(20)28-2)22(24)23-15-11-12-16(23)14-18(13-15)29(25,26)17-7-4-3-5-8-17/h3-10,15-16,18H,11-14H2,1-2H3. The third kappa shape index (κ3) is 3.37. The van der Waals surface area contributed by atoms with E-state index in [-0.39, 0.29) is 18.0 Å². The van der Waals surface area contributed by atoms with Gasteiger partial charge >= 0.3 is 0 Å². The highest BCUT2D eigenvalue weighted by Gasteiger charge is 2.47. The van der Waals surface area contributed by atoms with Crippen molar-refractivity contribution in [1.82, 2.24) is 4.90 Å². The molecule has 0 aromatic heterocycles. The number of piperidine rings is 1. The molecule has 154 valence electrons. The number of carbonyl (C=O) groups is 1. The first-order chi connectivity index (χ1) is 14.0. The minimum absolute atomic E-state index is 0.0827. The van der Waals surface area contributed by atoms with E-state index in [1.807, 2.05) is 11.0 Å². The molecule has 2 aromatic carbocycles. The van der Waals surface area contributed by atoms with Gasteiger partial charge in [0.1, 0.15) is 0 Å². The van der Waals surface area contributed by atoms with Gasteiger partial charge in [-0.25, -0.2) is 8.42 Å². The van der Waals surface area contributed by atoms with Crippen molar-refractivity contribution in [2.75, 3.05) is 14.2 Å². The number of ether oxygens (including phenoxy) is 2. The lowest BCUT2D eigenvalue weighted by atomic mass is 10.0. The van der Waals surface area contributed by atoms with Crippen molar-refractivity contribution in [3.63, 3.8) is 0 Å². The molecule has 2 bridgehead atoms. The fourth-order valence-electron chi connectivity index (χ4n) is 4.71. The van der Waals surface area contributed by atoms with Gasteiger partial charge in [-0.2, -0.15) is 0 Å². The van der Waals surface area contributed by atoms with Crippen LogP contribution in [0.25, 0.3) is 0 Å². The molecular formula is C22H25NO5S. The van der Waals surface area contributed by atoms with Crippen LogP contribution in [0.1, 0.15) is 36.0 Å². The number of para-hydroxylation sites is 1. The first kappa shape index (κ1) is 19.8. The summed E-state index contributed by atoms with van der Waals surface area (Å²) >= 11 is 0. The maximum atomic E-state index is 13.4. The Morgan fingerprint density at radius 1 is 0.931 bits per heavy atom. The average Bonchev–Trinajstić information content (AvgIpc) is 3.01. The molecule has 0 aliphatic carbocycles. The van der Waals surface area contributed by atoms with E-state index >= 15 is 0 Å². The number of nitrogens with zero attached hydrogens (tertiary/aromatic N) is 1. The van der Waals surface area contributed by atoms with Gasteiger partial charge in [0.05, 0.1) is 29.9 Å². The minimum Gasteiger partial charge on any atom is -0.493 e. The lowest BCUT2D eigenvalue weighted by Gasteiger charge is -2.39. The maximum absolute atomic E-state index is 13.4. The summed E-state index contributed by atoms with van der Waals surface area (Å²) in [5.41, 5.74) is 0.452. The Labute approximate surface area is 171 Å². The number of amides is 1. The third-order valence-electron chi connectivity index (χ3n) is 6.07. The molecule has 29 heavy (non-hydrogen) atoms. The molecule has 4 rings (SSSR count). The summed E-state index contributed by atoms with van der Waals surface area (Å²) in [4.78, 5) is 15.6. The van der Waals surface area contributed by atoms with Gasteiger partial charge in [0.25, 0.3) is 5.91 Å². The molecule has 2 fully saturated rings. The number of carbonyl (C=O) groups excluding carboxylic acids is 1. The van der Waals surface area contributed by atoms with Crippen molar-refractivity contribution in [2.24, 2.45) is 0 Å². The van der Waals surface area contributed by atoms with E-state index in [0.717, 1.165) is 12.8 Å². The molecule has 2 aliphatic heterocycles. The molecular weight excluding hydrogens is 390 g/mol. The fraction of sp³-hybridized carbons (Fsp3) is 0.409. The number of methoxy groups -OCH3 is 2. The summed E-state index contributed by atoms with van der Waals surface area (Å²) in [6.45, 7) is 0. The van der Waals surface area contributed by atoms with E-state index in [0.29, 0.717) is 34.8 Å². The lowest BCUT2D eigenvalue weighted by Crippen LogP contribution is -2.49. The number of hydrogen-bond donors (Lipinski definition) is 0. The lowest BCUT2D eigenvalue weighted by molar-refractivity contribution is 0.0594. The quantitative estimate of drug-likeness (QED) is 0.749. The topological polar surface area (TPSA) is 72.9 Å². The predicted molar refractivity (Wildman–Crippen MR) is 109 cm³/mol. The molecule has 0 saturated carbocycles. The molecule has 0 spiro atoms. The van der Waals surface area contributed by atoms with Crippen LogP contribution >= 0.6 is 0 Å². The van der Waals surface area contributed by atoms with E-state index in [2.05, 4.69) is 0 Å². The molecule has 0 N–H and O–H groups in total. The van der Waals surface area contributed by atoms with Crippen molar-refractivity contribution in [2.45, 2.75) is 47.9 Å². The number of fused-ring (bicyclic) bond motifs is 2. The van der Waals surface area contributed by atoms with Crippen LogP contribution in [-0.2, 0) is 9.84 Å². The minimum atomic E-state index is -3.41. The van der Waals surface area contributed by atoms with Crippen LogP contribution in [0.5, 0.6) is 11.5 Å². The van der Waals surface area contributed by atoms with Gasteiger partial charge in [0, 0.05) is 12.1 Å². The van der Waals surface area contributed by atoms with Gasteiger partial charge in [-0.1, -0.05) is 24.3 Å². The zero-order valence-corrected chi connectivity index (χ0v) is 17.4. The Morgan fingerprint density at radius 3 is 2.17 bits per heavy atom. The molecule has 2 atom stereocenters. The van der Waals surface area contributed by atoms with Crippen LogP contribution in [0.3, 0.4) is 0 Å².